The van der Waals surface area contributed by atoms with Gasteiger partial charge in [0.2, 0.25) is 5.91 Å². The Morgan fingerprint density at radius 3 is 2.52 bits per heavy atom. The first kappa shape index (κ1) is 17.4. The fourth-order valence-corrected chi connectivity index (χ4v) is 2.75. The van der Waals surface area contributed by atoms with E-state index in [0.29, 0.717) is 6.42 Å². The molecular formula is C16H23NO3S. The van der Waals surface area contributed by atoms with E-state index in [1.54, 1.807) is 17.4 Å². The van der Waals surface area contributed by atoms with Gasteiger partial charge in [0.1, 0.15) is 0 Å². The van der Waals surface area contributed by atoms with Gasteiger partial charge in [-0.1, -0.05) is 20.8 Å². The molecule has 0 fully saturated rings. The molecule has 0 spiro atoms. The minimum absolute atomic E-state index is 0.0852. The molecular weight excluding hydrogens is 286 g/mol. The summed E-state index contributed by atoms with van der Waals surface area (Å²) in [6.07, 6.45) is 3.71. The third kappa shape index (κ3) is 7.09. The number of nitrogens with one attached hydrogen (secondary N) is 1. The van der Waals surface area contributed by atoms with Gasteiger partial charge in [-0.3, -0.25) is 9.59 Å². The molecule has 0 bridgehead atoms. The Morgan fingerprint density at radius 2 is 2.05 bits per heavy atom. The molecule has 116 valence electrons. The summed E-state index contributed by atoms with van der Waals surface area (Å²) in [6, 6.07) is 3.94. The van der Waals surface area contributed by atoms with Crippen LogP contribution in [0.1, 0.15) is 36.9 Å². The summed E-state index contributed by atoms with van der Waals surface area (Å²) in [5.74, 6) is -1.70. The number of thiophene rings is 1. The number of carbonyl (C=O) groups is 2. The Bertz CT molecular complexity index is 526. The number of hydrogen-bond acceptors (Lipinski definition) is 3. The predicted molar refractivity (Wildman–Crippen MR) is 86.3 cm³/mol. The zero-order valence-electron chi connectivity index (χ0n) is 13.0. The maximum absolute atomic E-state index is 11.7. The van der Waals surface area contributed by atoms with Crippen molar-refractivity contribution in [1.29, 1.82) is 0 Å². The molecule has 5 heteroatoms. The predicted octanol–water partition coefficient (Wildman–Crippen LogP) is 3.32. The molecule has 1 aromatic rings. The van der Waals surface area contributed by atoms with Crippen molar-refractivity contribution in [2.24, 2.45) is 11.3 Å². The van der Waals surface area contributed by atoms with Gasteiger partial charge in [0, 0.05) is 22.4 Å². The molecule has 2 N–H and O–H groups in total. The summed E-state index contributed by atoms with van der Waals surface area (Å²) in [5, 5.41) is 11.9. The van der Waals surface area contributed by atoms with Gasteiger partial charge in [-0.05, 0) is 37.0 Å². The van der Waals surface area contributed by atoms with E-state index in [2.05, 4.69) is 5.32 Å². The molecule has 1 atom stereocenters. The quantitative estimate of drug-likeness (QED) is 0.792. The van der Waals surface area contributed by atoms with E-state index < -0.39 is 11.9 Å². The van der Waals surface area contributed by atoms with Gasteiger partial charge in [-0.2, -0.15) is 0 Å². The first-order chi connectivity index (χ1) is 9.67. The number of amides is 1. The van der Waals surface area contributed by atoms with Crippen molar-refractivity contribution in [3.05, 3.63) is 28.0 Å². The van der Waals surface area contributed by atoms with Crippen LogP contribution in [0.25, 0.3) is 6.08 Å². The van der Waals surface area contributed by atoms with Crippen LogP contribution < -0.4 is 5.32 Å². The minimum Gasteiger partial charge on any atom is -0.481 e. The normalized spacial score (nSPS) is 13.3. The monoisotopic (exact) mass is 309 g/mol. The molecule has 1 rings (SSSR count). The summed E-state index contributed by atoms with van der Waals surface area (Å²) >= 11 is 1.61. The van der Waals surface area contributed by atoms with E-state index in [1.165, 1.54) is 11.0 Å². The smallest absolute Gasteiger partial charge is 0.308 e. The lowest BCUT2D eigenvalue weighted by Gasteiger charge is -2.23. The van der Waals surface area contributed by atoms with Crippen molar-refractivity contribution >= 4 is 29.3 Å². The van der Waals surface area contributed by atoms with E-state index >= 15 is 0 Å². The molecule has 0 aliphatic rings. The number of aliphatic carboxylic acids is 1. The van der Waals surface area contributed by atoms with Gasteiger partial charge >= 0.3 is 5.97 Å². The first-order valence-corrected chi connectivity index (χ1v) is 7.74. The van der Waals surface area contributed by atoms with Crippen LogP contribution >= 0.6 is 11.3 Å². The maximum atomic E-state index is 11.7. The molecule has 0 saturated carbocycles. The third-order valence-corrected chi connectivity index (χ3v) is 3.86. The molecule has 4 nitrogen and oxygen atoms in total. The van der Waals surface area contributed by atoms with Gasteiger partial charge in [0.15, 0.2) is 0 Å². The SMILES string of the molecule is Cc1ccc(/C=C/C(=O)NCC(CC(C)(C)C)C(=O)O)s1. The molecule has 0 aliphatic heterocycles. The van der Waals surface area contributed by atoms with Crippen LogP contribution in [0.15, 0.2) is 18.2 Å². The fraction of sp³-hybridized carbons (Fsp3) is 0.500. The number of carbonyl (C=O) groups excluding carboxylic acids is 1. The lowest BCUT2D eigenvalue weighted by Crippen LogP contribution is -2.34. The Kier molecular flexibility index (Phi) is 6.15. The Labute approximate surface area is 129 Å². The zero-order valence-corrected chi connectivity index (χ0v) is 13.8. The van der Waals surface area contributed by atoms with E-state index in [-0.39, 0.29) is 17.9 Å². The van der Waals surface area contributed by atoms with Crippen molar-refractivity contribution in [1.82, 2.24) is 5.32 Å². The highest BCUT2D eigenvalue weighted by molar-refractivity contribution is 7.12. The van der Waals surface area contributed by atoms with Gasteiger partial charge in [0.25, 0.3) is 0 Å². The van der Waals surface area contributed by atoms with Crippen LogP contribution in [0.5, 0.6) is 0 Å². The lowest BCUT2D eigenvalue weighted by atomic mass is 9.84. The minimum atomic E-state index is -0.872. The molecule has 1 aromatic heterocycles. The lowest BCUT2D eigenvalue weighted by molar-refractivity contribution is -0.142. The van der Waals surface area contributed by atoms with Crippen LogP contribution in [-0.2, 0) is 9.59 Å². The van der Waals surface area contributed by atoms with Crippen LogP contribution in [-0.4, -0.2) is 23.5 Å². The summed E-state index contributed by atoms with van der Waals surface area (Å²) < 4.78 is 0. The second kappa shape index (κ2) is 7.41. The van der Waals surface area contributed by atoms with Crippen LogP contribution in [0.3, 0.4) is 0 Å². The highest BCUT2D eigenvalue weighted by Crippen LogP contribution is 2.24. The van der Waals surface area contributed by atoms with E-state index in [1.807, 2.05) is 39.8 Å². The molecule has 1 amide bonds. The number of carboxylic acid groups (broad SMARTS) is 1. The maximum Gasteiger partial charge on any atom is 0.308 e. The van der Waals surface area contributed by atoms with Crippen molar-refractivity contribution in [3.63, 3.8) is 0 Å². The van der Waals surface area contributed by atoms with E-state index in [0.717, 1.165) is 4.88 Å². The number of carboxylic acids is 1. The fourth-order valence-electron chi connectivity index (χ4n) is 1.97. The average molecular weight is 309 g/mol. The van der Waals surface area contributed by atoms with Crippen molar-refractivity contribution in [2.45, 2.75) is 34.1 Å². The third-order valence-electron chi connectivity index (χ3n) is 2.89. The second-order valence-corrected chi connectivity index (χ2v) is 7.65. The van der Waals surface area contributed by atoms with Gasteiger partial charge < -0.3 is 10.4 Å². The highest BCUT2D eigenvalue weighted by Gasteiger charge is 2.24. The number of aryl methyl sites for hydroxylation is 1. The average Bonchev–Trinajstić information content (AvgIpc) is 2.76. The van der Waals surface area contributed by atoms with Gasteiger partial charge in [0.05, 0.1) is 5.92 Å². The molecule has 1 heterocycles. The first-order valence-electron chi connectivity index (χ1n) is 6.92. The van der Waals surface area contributed by atoms with Gasteiger partial charge in [-0.25, -0.2) is 0 Å². The Morgan fingerprint density at radius 1 is 1.38 bits per heavy atom. The Balaban J connectivity index is 2.50. The highest BCUT2D eigenvalue weighted by atomic mass is 32.1. The molecule has 21 heavy (non-hydrogen) atoms. The van der Waals surface area contributed by atoms with Crippen LogP contribution in [0.2, 0.25) is 0 Å². The molecule has 0 saturated heterocycles. The largest absolute Gasteiger partial charge is 0.481 e. The topological polar surface area (TPSA) is 66.4 Å². The standard InChI is InChI=1S/C16H23NO3S/c1-11-5-6-13(21-11)7-8-14(18)17-10-12(15(19)20)9-16(2,3)4/h5-8,12H,9-10H2,1-4H3,(H,17,18)(H,19,20)/b8-7+. The van der Waals surface area contributed by atoms with Crippen molar-refractivity contribution in [2.75, 3.05) is 6.54 Å². The van der Waals surface area contributed by atoms with E-state index in [9.17, 15) is 14.7 Å². The van der Waals surface area contributed by atoms with Gasteiger partial charge in [-0.15, -0.1) is 11.3 Å². The molecule has 0 aromatic carbocycles. The van der Waals surface area contributed by atoms with E-state index in [4.69, 9.17) is 0 Å². The van der Waals surface area contributed by atoms with Crippen molar-refractivity contribution in [3.8, 4) is 0 Å². The number of hydrogen-bond donors (Lipinski definition) is 2. The zero-order chi connectivity index (χ0) is 16.0. The van der Waals surface area contributed by atoms with Crippen LogP contribution in [0, 0.1) is 18.3 Å². The van der Waals surface area contributed by atoms with Crippen LogP contribution in [0.4, 0.5) is 0 Å². The second-order valence-electron chi connectivity index (χ2n) is 6.33. The molecule has 1 unspecified atom stereocenters. The summed E-state index contributed by atoms with van der Waals surface area (Å²) in [7, 11) is 0. The Hall–Kier alpha value is -1.62. The summed E-state index contributed by atoms with van der Waals surface area (Å²) in [6.45, 7) is 8.13. The summed E-state index contributed by atoms with van der Waals surface area (Å²) in [4.78, 5) is 25.1. The molecule has 0 aliphatic carbocycles. The van der Waals surface area contributed by atoms with Crippen molar-refractivity contribution < 1.29 is 14.7 Å². The molecule has 0 radical (unpaired) electrons. The summed E-state index contributed by atoms with van der Waals surface area (Å²) in [5.41, 5.74) is -0.0852. The number of rotatable bonds is 6.